The maximum absolute atomic E-state index is 13.6. The van der Waals surface area contributed by atoms with E-state index in [1.165, 1.54) is 0 Å². The second-order valence-corrected chi connectivity index (χ2v) is 5.38. The number of para-hydroxylation sites is 1. The van der Waals surface area contributed by atoms with Gasteiger partial charge < -0.3 is 5.32 Å². The number of amides is 3. The number of benzene rings is 2. The van der Waals surface area contributed by atoms with Crippen LogP contribution in [0.3, 0.4) is 0 Å². The molecular formula is C15H11BrF2N2O2. The quantitative estimate of drug-likeness (QED) is 0.841. The summed E-state index contributed by atoms with van der Waals surface area (Å²) in [5, 5.41) is 4.32. The second-order valence-electron chi connectivity index (χ2n) is 4.47. The largest absolute Gasteiger partial charge is 0.326 e. The number of carbonyl (C=O) groups is 2. The van der Waals surface area contributed by atoms with Crippen LogP contribution in [0.1, 0.15) is 15.9 Å². The van der Waals surface area contributed by atoms with Crippen molar-refractivity contribution in [3.05, 3.63) is 63.6 Å². The SMILES string of the molecule is Cc1ccccc1NC(=O)NC(=O)c1c(F)cc(Br)cc1F. The molecule has 2 rings (SSSR count). The molecule has 2 aromatic rings. The minimum absolute atomic E-state index is 0.156. The number of rotatable bonds is 2. The van der Waals surface area contributed by atoms with Crippen molar-refractivity contribution in [1.29, 1.82) is 0 Å². The summed E-state index contributed by atoms with van der Waals surface area (Å²) in [7, 11) is 0. The van der Waals surface area contributed by atoms with Gasteiger partial charge in [0.05, 0.1) is 0 Å². The number of nitrogens with one attached hydrogen (secondary N) is 2. The van der Waals surface area contributed by atoms with Gasteiger partial charge in [0.2, 0.25) is 0 Å². The Balaban J connectivity index is 2.13. The normalized spacial score (nSPS) is 10.2. The lowest BCUT2D eigenvalue weighted by Crippen LogP contribution is -2.35. The van der Waals surface area contributed by atoms with Crippen LogP contribution >= 0.6 is 15.9 Å². The first kappa shape index (κ1) is 16.1. The van der Waals surface area contributed by atoms with E-state index in [0.717, 1.165) is 17.7 Å². The molecule has 0 spiro atoms. The lowest BCUT2D eigenvalue weighted by atomic mass is 10.2. The first-order valence-corrected chi connectivity index (χ1v) is 7.00. The molecule has 0 unspecified atom stereocenters. The maximum atomic E-state index is 13.6. The summed E-state index contributed by atoms with van der Waals surface area (Å²) in [5.74, 6) is -3.28. The van der Waals surface area contributed by atoms with E-state index in [-0.39, 0.29) is 4.47 Å². The number of anilines is 1. The second kappa shape index (κ2) is 6.65. The van der Waals surface area contributed by atoms with Gasteiger partial charge >= 0.3 is 6.03 Å². The Labute approximate surface area is 133 Å². The molecule has 2 aromatic carbocycles. The van der Waals surface area contributed by atoms with E-state index >= 15 is 0 Å². The van der Waals surface area contributed by atoms with Crippen LogP contribution in [0.2, 0.25) is 0 Å². The maximum Gasteiger partial charge on any atom is 0.326 e. The third kappa shape index (κ3) is 3.67. The molecule has 0 heterocycles. The van der Waals surface area contributed by atoms with Crippen LogP contribution in [-0.4, -0.2) is 11.9 Å². The van der Waals surface area contributed by atoms with E-state index in [0.29, 0.717) is 5.69 Å². The zero-order valence-electron chi connectivity index (χ0n) is 11.4. The molecule has 0 fully saturated rings. The molecule has 0 aliphatic carbocycles. The lowest BCUT2D eigenvalue weighted by Gasteiger charge is -2.10. The van der Waals surface area contributed by atoms with Crippen molar-refractivity contribution in [2.24, 2.45) is 0 Å². The number of hydrogen-bond acceptors (Lipinski definition) is 2. The summed E-state index contributed by atoms with van der Waals surface area (Å²) >= 11 is 2.91. The van der Waals surface area contributed by atoms with Crippen molar-refractivity contribution >= 4 is 33.6 Å². The predicted octanol–water partition coefficient (Wildman–Crippen LogP) is 4.00. The standard InChI is InChI=1S/C15H11BrF2N2O2/c1-8-4-2-3-5-12(8)19-15(22)20-14(21)13-10(17)6-9(16)7-11(13)18/h2-7H,1H3,(H2,19,20,21,22). The highest BCUT2D eigenvalue weighted by atomic mass is 79.9. The van der Waals surface area contributed by atoms with Crippen LogP contribution in [0, 0.1) is 18.6 Å². The van der Waals surface area contributed by atoms with Crippen LogP contribution in [-0.2, 0) is 0 Å². The number of aryl methyl sites for hydroxylation is 1. The molecule has 2 N–H and O–H groups in total. The summed E-state index contributed by atoms with van der Waals surface area (Å²) in [4.78, 5) is 23.6. The van der Waals surface area contributed by atoms with Crippen LogP contribution in [0.5, 0.6) is 0 Å². The van der Waals surface area contributed by atoms with Crippen LogP contribution < -0.4 is 10.6 Å². The summed E-state index contributed by atoms with van der Waals surface area (Å²) < 4.78 is 27.4. The summed E-state index contributed by atoms with van der Waals surface area (Å²) in [5.41, 5.74) is 0.457. The molecular weight excluding hydrogens is 358 g/mol. The Morgan fingerprint density at radius 3 is 2.27 bits per heavy atom. The Bertz CT molecular complexity index is 727. The molecule has 0 aliphatic heterocycles. The van der Waals surface area contributed by atoms with Gasteiger partial charge in [-0.15, -0.1) is 0 Å². The fourth-order valence-corrected chi connectivity index (χ4v) is 2.19. The number of carbonyl (C=O) groups excluding carboxylic acids is 2. The third-order valence-electron chi connectivity index (χ3n) is 2.85. The highest BCUT2D eigenvalue weighted by Gasteiger charge is 2.20. The number of halogens is 3. The summed E-state index contributed by atoms with van der Waals surface area (Å²) in [6, 6.07) is 7.91. The lowest BCUT2D eigenvalue weighted by molar-refractivity contribution is 0.0959. The van der Waals surface area contributed by atoms with Crippen molar-refractivity contribution in [3.8, 4) is 0 Å². The van der Waals surface area contributed by atoms with Gasteiger partial charge in [0.15, 0.2) is 0 Å². The first-order chi connectivity index (χ1) is 10.4. The van der Waals surface area contributed by atoms with Crippen molar-refractivity contribution in [2.75, 3.05) is 5.32 Å². The summed E-state index contributed by atoms with van der Waals surface area (Å²) in [6.07, 6.45) is 0. The molecule has 0 radical (unpaired) electrons. The summed E-state index contributed by atoms with van der Waals surface area (Å²) in [6.45, 7) is 1.77. The van der Waals surface area contributed by atoms with E-state index in [1.54, 1.807) is 31.2 Å². The fraction of sp³-hybridized carbons (Fsp3) is 0.0667. The zero-order valence-corrected chi connectivity index (χ0v) is 13.0. The molecule has 0 aliphatic rings. The van der Waals surface area contributed by atoms with Crippen LogP contribution in [0.4, 0.5) is 19.3 Å². The Morgan fingerprint density at radius 2 is 1.68 bits per heavy atom. The Hall–Kier alpha value is -2.28. The Morgan fingerprint density at radius 1 is 1.09 bits per heavy atom. The minimum Gasteiger partial charge on any atom is -0.307 e. The van der Waals surface area contributed by atoms with Gasteiger partial charge in [-0.2, -0.15) is 0 Å². The molecule has 7 heteroatoms. The van der Waals surface area contributed by atoms with Crippen LogP contribution in [0.25, 0.3) is 0 Å². The molecule has 4 nitrogen and oxygen atoms in total. The first-order valence-electron chi connectivity index (χ1n) is 6.21. The zero-order chi connectivity index (χ0) is 16.3. The fourth-order valence-electron chi connectivity index (χ4n) is 1.79. The van der Waals surface area contributed by atoms with E-state index in [1.807, 2.05) is 5.32 Å². The van der Waals surface area contributed by atoms with Crippen molar-refractivity contribution < 1.29 is 18.4 Å². The van der Waals surface area contributed by atoms with Gasteiger partial charge in [0.25, 0.3) is 5.91 Å². The molecule has 0 saturated heterocycles. The smallest absolute Gasteiger partial charge is 0.307 e. The van der Waals surface area contributed by atoms with E-state index in [2.05, 4.69) is 21.2 Å². The van der Waals surface area contributed by atoms with E-state index in [4.69, 9.17) is 0 Å². The van der Waals surface area contributed by atoms with Gasteiger partial charge in [-0.1, -0.05) is 34.1 Å². The predicted molar refractivity (Wildman–Crippen MR) is 81.7 cm³/mol. The topological polar surface area (TPSA) is 58.2 Å². The molecule has 114 valence electrons. The Kier molecular flexibility index (Phi) is 4.87. The minimum atomic E-state index is -1.16. The van der Waals surface area contributed by atoms with Gasteiger partial charge in [0.1, 0.15) is 17.2 Å². The van der Waals surface area contributed by atoms with Gasteiger partial charge in [-0.05, 0) is 30.7 Å². The molecule has 0 aromatic heterocycles. The van der Waals surface area contributed by atoms with E-state index in [9.17, 15) is 18.4 Å². The van der Waals surface area contributed by atoms with Crippen LogP contribution in [0.15, 0.2) is 40.9 Å². The monoisotopic (exact) mass is 368 g/mol. The van der Waals surface area contributed by atoms with Gasteiger partial charge in [-0.3, -0.25) is 10.1 Å². The molecule has 0 atom stereocenters. The molecule has 22 heavy (non-hydrogen) atoms. The van der Waals surface area contributed by atoms with Gasteiger partial charge in [0, 0.05) is 10.2 Å². The third-order valence-corrected chi connectivity index (χ3v) is 3.31. The number of imide groups is 1. The number of urea groups is 1. The highest BCUT2D eigenvalue weighted by Crippen LogP contribution is 2.19. The van der Waals surface area contributed by atoms with Crippen molar-refractivity contribution in [3.63, 3.8) is 0 Å². The molecule has 3 amide bonds. The van der Waals surface area contributed by atoms with Crippen molar-refractivity contribution in [1.82, 2.24) is 5.32 Å². The number of hydrogen-bond donors (Lipinski definition) is 2. The molecule has 0 saturated carbocycles. The van der Waals surface area contributed by atoms with Crippen molar-refractivity contribution in [2.45, 2.75) is 6.92 Å². The van der Waals surface area contributed by atoms with E-state index < -0.39 is 29.1 Å². The molecule has 0 bridgehead atoms. The average molecular weight is 369 g/mol. The average Bonchev–Trinajstić information content (AvgIpc) is 2.40. The van der Waals surface area contributed by atoms with Gasteiger partial charge in [-0.25, -0.2) is 13.6 Å². The highest BCUT2D eigenvalue weighted by molar-refractivity contribution is 9.10.